The van der Waals surface area contributed by atoms with E-state index in [9.17, 15) is 0 Å². The molecule has 6 heteroatoms. The lowest BCUT2D eigenvalue weighted by molar-refractivity contribution is 0.549. The predicted octanol–water partition coefficient (Wildman–Crippen LogP) is 4.12. The first-order chi connectivity index (χ1) is 9.10. The third kappa shape index (κ3) is 4.10. The van der Waals surface area contributed by atoms with Crippen molar-refractivity contribution >= 4 is 47.8 Å². The maximum Gasteiger partial charge on any atom is 0.0512 e. The molecule has 2 rings (SSSR count). The summed E-state index contributed by atoms with van der Waals surface area (Å²) in [6, 6.07) is 8.13. The second-order valence-corrected chi connectivity index (χ2v) is 6.79. The highest BCUT2D eigenvalue weighted by atomic mass is 79.9. The van der Waals surface area contributed by atoms with Crippen LogP contribution >= 0.6 is 47.8 Å². The summed E-state index contributed by atoms with van der Waals surface area (Å²) in [5.74, 6) is 5.68. The van der Waals surface area contributed by atoms with E-state index in [0.717, 1.165) is 31.0 Å². The zero-order chi connectivity index (χ0) is 13.8. The first-order valence-corrected chi connectivity index (χ1v) is 7.98. The number of nitrogens with zero attached hydrogens (tertiary/aromatic N) is 1. The molecule has 1 aromatic heterocycles. The van der Waals surface area contributed by atoms with Crippen LogP contribution < -0.4 is 11.3 Å². The van der Waals surface area contributed by atoms with Gasteiger partial charge < -0.3 is 0 Å². The van der Waals surface area contributed by atoms with Gasteiger partial charge in [-0.3, -0.25) is 16.3 Å². The van der Waals surface area contributed by atoms with Gasteiger partial charge in [-0.25, -0.2) is 0 Å². The average molecular weight is 450 g/mol. The third-order valence-corrected chi connectivity index (χ3v) is 4.35. The van der Waals surface area contributed by atoms with Gasteiger partial charge >= 0.3 is 0 Å². The van der Waals surface area contributed by atoms with Gasteiger partial charge in [-0.2, -0.15) is 0 Å². The van der Waals surface area contributed by atoms with E-state index in [-0.39, 0.29) is 6.04 Å². The highest BCUT2D eigenvalue weighted by Gasteiger charge is 2.14. The van der Waals surface area contributed by atoms with Crippen molar-refractivity contribution in [1.29, 1.82) is 0 Å². The molecule has 0 saturated heterocycles. The maximum absolute atomic E-state index is 5.68. The molecular formula is C13H12Br3N3. The van der Waals surface area contributed by atoms with E-state index in [0.29, 0.717) is 0 Å². The number of nitrogens with one attached hydrogen (secondary N) is 1. The summed E-state index contributed by atoms with van der Waals surface area (Å²) < 4.78 is 3.02. The molecule has 100 valence electrons. The summed E-state index contributed by atoms with van der Waals surface area (Å²) in [5.41, 5.74) is 5.09. The predicted molar refractivity (Wildman–Crippen MR) is 87.5 cm³/mol. The number of benzene rings is 1. The molecule has 1 unspecified atom stereocenters. The van der Waals surface area contributed by atoms with Crippen LogP contribution in [0.5, 0.6) is 0 Å². The van der Waals surface area contributed by atoms with Gasteiger partial charge in [0.05, 0.1) is 6.04 Å². The van der Waals surface area contributed by atoms with Crippen LogP contribution in [0.2, 0.25) is 0 Å². The Hall–Kier alpha value is -0.270. The van der Waals surface area contributed by atoms with Crippen molar-refractivity contribution in [2.45, 2.75) is 12.5 Å². The minimum atomic E-state index is 0.0265. The second-order valence-electron chi connectivity index (χ2n) is 4.10. The zero-order valence-electron chi connectivity index (χ0n) is 9.91. The Morgan fingerprint density at radius 2 is 1.89 bits per heavy atom. The molecule has 0 radical (unpaired) electrons. The van der Waals surface area contributed by atoms with Crippen molar-refractivity contribution in [3.8, 4) is 0 Å². The molecule has 3 nitrogen and oxygen atoms in total. The topological polar surface area (TPSA) is 50.9 Å². The molecule has 0 bridgehead atoms. The highest BCUT2D eigenvalue weighted by molar-refractivity contribution is 9.11. The van der Waals surface area contributed by atoms with E-state index in [1.54, 1.807) is 6.20 Å². The lowest BCUT2D eigenvalue weighted by Crippen LogP contribution is -2.29. The number of rotatable bonds is 4. The van der Waals surface area contributed by atoms with Crippen molar-refractivity contribution < 1.29 is 0 Å². The molecule has 0 fully saturated rings. The van der Waals surface area contributed by atoms with Gasteiger partial charge in [-0.15, -0.1) is 0 Å². The van der Waals surface area contributed by atoms with Gasteiger partial charge in [0, 0.05) is 25.8 Å². The first-order valence-electron chi connectivity index (χ1n) is 5.60. The molecule has 0 aliphatic heterocycles. The van der Waals surface area contributed by atoms with Crippen molar-refractivity contribution in [2.75, 3.05) is 0 Å². The van der Waals surface area contributed by atoms with E-state index < -0.39 is 0 Å². The molecule has 0 aliphatic rings. The number of pyridine rings is 1. The Balaban J connectivity index is 2.25. The smallest absolute Gasteiger partial charge is 0.0512 e. The third-order valence-electron chi connectivity index (χ3n) is 2.74. The van der Waals surface area contributed by atoms with E-state index in [1.165, 1.54) is 0 Å². The lowest BCUT2D eigenvalue weighted by Gasteiger charge is -2.18. The average Bonchev–Trinajstić information content (AvgIpc) is 2.37. The van der Waals surface area contributed by atoms with Crippen molar-refractivity contribution in [2.24, 2.45) is 5.84 Å². The van der Waals surface area contributed by atoms with E-state index in [4.69, 9.17) is 5.84 Å². The van der Waals surface area contributed by atoms with E-state index in [2.05, 4.69) is 58.2 Å². The molecule has 1 aromatic carbocycles. The first kappa shape index (κ1) is 15.1. The fraction of sp³-hybridized carbons (Fsp3) is 0.154. The number of hydrogen-bond acceptors (Lipinski definition) is 3. The minimum Gasteiger partial charge on any atom is -0.271 e. The summed E-state index contributed by atoms with van der Waals surface area (Å²) in [4.78, 5) is 4.17. The van der Waals surface area contributed by atoms with Crippen LogP contribution in [0.1, 0.15) is 17.2 Å². The zero-order valence-corrected chi connectivity index (χ0v) is 14.7. The van der Waals surface area contributed by atoms with Crippen LogP contribution in [-0.4, -0.2) is 4.98 Å². The highest BCUT2D eigenvalue weighted by Crippen LogP contribution is 2.28. The van der Waals surface area contributed by atoms with Crippen LogP contribution in [0.4, 0.5) is 0 Å². The molecule has 2 aromatic rings. The summed E-state index contributed by atoms with van der Waals surface area (Å²) in [5, 5.41) is 0. The van der Waals surface area contributed by atoms with Crippen molar-refractivity contribution in [3.05, 3.63) is 61.2 Å². The standard InChI is InChI=1S/C13H12Br3N3/c14-9-1-2-11(12(16)5-9)13(19-17)4-8-3-10(15)7-18-6-8/h1-3,5-7,13,19H,4,17H2. The van der Waals surface area contributed by atoms with Crippen LogP contribution in [0.3, 0.4) is 0 Å². The van der Waals surface area contributed by atoms with Crippen LogP contribution in [-0.2, 0) is 6.42 Å². The molecule has 0 saturated carbocycles. The molecule has 19 heavy (non-hydrogen) atoms. The Labute approximate surface area is 137 Å². The second kappa shape index (κ2) is 6.95. The van der Waals surface area contributed by atoms with E-state index >= 15 is 0 Å². The Bertz CT molecular complexity index is 575. The Morgan fingerprint density at radius 3 is 2.53 bits per heavy atom. The summed E-state index contributed by atoms with van der Waals surface area (Å²) in [7, 11) is 0. The van der Waals surface area contributed by atoms with Gasteiger partial charge in [-0.1, -0.05) is 37.9 Å². The normalized spacial score (nSPS) is 12.4. The maximum atomic E-state index is 5.68. The Morgan fingerprint density at radius 1 is 1.11 bits per heavy atom. The van der Waals surface area contributed by atoms with Gasteiger partial charge in [-0.05, 0) is 51.7 Å². The lowest BCUT2D eigenvalue weighted by atomic mass is 10.0. The van der Waals surface area contributed by atoms with Gasteiger partial charge in [0.2, 0.25) is 0 Å². The number of halogens is 3. The van der Waals surface area contributed by atoms with Crippen LogP contribution in [0, 0.1) is 0 Å². The van der Waals surface area contributed by atoms with Crippen LogP contribution in [0.25, 0.3) is 0 Å². The van der Waals surface area contributed by atoms with Crippen molar-refractivity contribution in [3.63, 3.8) is 0 Å². The Kier molecular flexibility index (Phi) is 5.53. The fourth-order valence-corrected chi connectivity index (χ4v) is 3.58. The van der Waals surface area contributed by atoms with E-state index in [1.807, 2.05) is 30.5 Å². The molecule has 3 N–H and O–H groups in total. The van der Waals surface area contributed by atoms with Crippen molar-refractivity contribution in [1.82, 2.24) is 10.4 Å². The van der Waals surface area contributed by atoms with Gasteiger partial charge in [0.15, 0.2) is 0 Å². The number of nitrogens with two attached hydrogens (primary N) is 1. The SMILES string of the molecule is NNC(Cc1cncc(Br)c1)c1ccc(Br)cc1Br. The van der Waals surface area contributed by atoms with Gasteiger partial charge in [0.25, 0.3) is 0 Å². The largest absolute Gasteiger partial charge is 0.271 e. The molecule has 1 atom stereocenters. The number of aromatic nitrogens is 1. The number of hydrazine groups is 1. The minimum absolute atomic E-state index is 0.0265. The molecule has 0 aliphatic carbocycles. The summed E-state index contributed by atoms with van der Waals surface area (Å²) >= 11 is 10.4. The fourth-order valence-electron chi connectivity index (χ4n) is 1.85. The molecule has 1 heterocycles. The quantitative estimate of drug-likeness (QED) is 0.545. The van der Waals surface area contributed by atoms with Gasteiger partial charge in [0.1, 0.15) is 0 Å². The molecule has 0 spiro atoms. The summed E-state index contributed by atoms with van der Waals surface area (Å²) in [6.07, 6.45) is 4.38. The monoisotopic (exact) mass is 447 g/mol. The molecule has 0 amide bonds. The molecular weight excluding hydrogens is 438 g/mol. The summed E-state index contributed by atoms with van der Waals surface area (Å²) in [6.45, 7) is 0. The van der Waals surface area contributed by atoms with Crippen LogP contribution in [0.15, 0.2) is 50.1 Å². The number of hydrogen-bond donors (Lipinski definition) is 2.